The summed E-state index contributed by atoms with van der Waals surface area (Å²) in [6.45, 7) is 2.65. The third-order valence-electron chi connectivity index (χ3n) is 2.17. The van der Waals surface area contributed by atoms with Crippen molar-refractivity contribution < 1.29 is 4.92 Å². The van der Waals surface area contributed by atoms with Crippen molar-refractivity contribution in [2.45, 2.75) is 26.3 Å². The fraction of sp³-hybridized carbons (Fsp3) is 0.364. The molecule has 1 heterocycles. The van der Waals surface area contributed by atoms with Gasteiger partial charge in [-0.25, -0.2) is 0 Å². The summed E-state index contributed by atoms with van der Waals surface area (Å²) in [5.41, 5.74) is -0.991. The summed E-state index contributed by atoms with van der Waals surface area (Å²) in [6.07, 6.45) is 8.63. The van der Waals surface area contributed by atoms with Crippen LogP contribution >= 0.6 is 15.9 Å². The summed E-state index contributed by atoms with van der Waals surface area (Å²) in [7, 11) is 0. The van der Waals surface area contributed by atoms with E-state index in [0.717, 1.165) is 12.8 Å². The first-order valence-electron chi connectivity index (χ1n) is 5.25. The molecule has 1 rings (SSSR count). The molecule has 0 aliphatic rings. The second-order valence-electron chi connectivity index (χ2n) is 3.48. The number of rotatable bonds is 5. The third kappa shape index (κ3) is 3.81. The molecule has 0 aromatic carbocycles. The molecule has 0 saturated heterocycles. The normalized spacial score (nSPS) is 10.9. The van der Waals surface area contributed by atoms with Gasteiger partial charge in [-0.1, -0.05) is 19.1 Å². The van der Waals surface area contributed by atoms with Crippen molar-refractivity contribution in [1.82, 2.24) is 4.57 Å². The largest absolute Gasteiger partial charge is 0.347 e. The highest BCUT2D eigenvalue weighted by atomic mass is 79.9. The van der Waals surface area contributed by atoms with Crippen LogP contribution in [-0.2, 0) is 6.54 Å². The molecule has 17 heavy (non-hydrogen) atoms. The predicted octanol–water partition coefficient (Wildman–Crippen LogP) is 2.88. The fourth-order valence-corrected chi connectivity index (χ4v) is 1.81. The summed E-state index contributed by atoms with van der Waals surface area (Å²) in [5.74, 6) is 0. The van der Waals surface area contributed by atoms with Gasteiger partial charge < -0.3 is 4.57 Å². The van der Waals surface area contributed by atoms with Gasteiger partial charge in [0.15, 0.2) is 0 Å². The van der Waals surface area contributed by atoms with E-state index in [0.29, 0.717) is 6.54 Å². The maximum Gasteiger partial charge on any atom is 0.333 e. The van der Waals surface area contributed by atoms with Gasteiger partial charge in [0.05, 0.1) is 15.6 Å². The number of halogens is 1. The summed E-state index contributed by atoms with van der Waals surface area (Å²) < 4.78 is 1.86. The van der Waals surface area contributed by atoms with Gasteiger partial charge in [0, 0.05) is 12.7 Å². The minimum atomic E-state index is -0.661. The molecule has 0 fully saturated rings. The van der Waals surface area contributed by atoms with Crippen LogP contribution in [0.3, 0.4) is 0 Å². The monoisotopic (exact) mass is 300 g/mol. The van der Waals surface area contributed by atoms with E-state index in [9.17, 15) is 14.9 Å². The van der Waals surface area contributed by atoms with Gasteiger partial charge in [0.2, 0.25) is 0 Å². The van der Waals surface area contributed by atoms with Crippen molar-refractivity contribution in [2.75, 3.05) is 0 Å². The van der Waals surface area contributed by atoms with Gasteiger partial charge in [-0.2, -0.15) is 0 Å². The van der Waals surface area contributed by atoms with Crippen molar-refractivity contribution in [2.24, 2.45) is 0 Å². The van der Waals surface area contributed by atoms with E-state index in [4.69, 9.17) is 0 Å². The SMILES string of the molecule is CC/C=C/CCn1cc(Br)c(=O)c([N+](=O)[O-])c1. The second kappa shape index (κ2) is 6.34. The average molecular weight is 301 g/mol. The molecular weight excluding hydrogens is 288 g/mol. The van der Waals surface area contributed by atoms with Crippen LogP contribution < -0.4 is 5.43 Å². The standard InChI is InChI=1S/C11H13BrN2O3/c1-2-3-4-5-6-13-7-9(12)11(15)10(8-13)14(16)17/h3-4,7-8H,2,5-6H2,1H3/b4-3+. The molecule has 5 nitrogen and oxygen atoms in total. The molecule has 0 N–H and O–H groups in total. The van der Waals surface area contributed by atoms with E-state index < -0.39 is 16.0 Å². The van der Waals surface area contributed by atoms with Crippen LogP contribution in [0.2, 0.25) is 0 Å². The lowest BCUT2D eigenvalue weighted by molar-refractivity contribution is -0.386. The Bertz CT molecular complexity index is 494. The van der Waals surface area contributed by atoms with Crippen LogP contribution in [0.5, 0.6) is 0 Å². The molecule has 92 valence electrons. The van der Waals surface area contributed by atoms with Crippen molar-refractivity contribution >= 4 is 21.6 Å². The number of aryl methyl sites for hydroxylation is 1. The molecule has 1 aromatic rings. The van der Waals surface area contributed by atoms with E-state index in [-0.39, 0.29) is 4.47 Å². The first kappa shape index (κ1) is 13.6. The minimum absolute atomic E-state index is 0.214. The molecule has 0 saturated carbocycles. The van der Waals surface area contributed by atoms with Crippen LogP contribution in [0.25, 0.3) is 0 Å². The molecule has 0 radical (unpaired) electrons. The van der Waals surface area contributed by atoms with Crippen molar-refractivity contribution in [3.63, 3.8) is 0 Å². The molecule has 0 atom stereocenters. The zero-order valence-corrected chi connectivity index (χ0v) is 11.0. The summed E-state index contributed by atoms with van der Waals surface area (Å²) in [6, 6.07) is 0. The Morgan fingerprint density at radius 2 is 2.18 bits per heavy atom. The molecule has 0 bridgehead atoms. The molecule has 0 spiro atoms. The van der Waals surface area contributed by atoms with Crippen molar-refractivity contribution in [1.29, 1.82) is 0 Å². The number of aromatic nitrogens is 1. The summed E-state index contributed by atoms with van der Waals surface area (Å²) in [4.78, 5) is 21.4. The fourth-order valence-electron chi connectivity index (χ4n) is 1.35. The van der Waals surface area contributed by atoms with Gasteiger partial charge in [-0.05, 0) is 28.8 Å². The Labute approximate surface area is 107 Å². The lowest BCUT2D eigenvalue weighted by Gasteiger charge is -2.04. The van der Waals surface area contributed by atoms with E-state index >= 15 is 0 Å². The Morgan fingerprint density at radius 3 is 2.76 bits per heavy atom. The smallest absolute Gasteiger partial charge is 0.333 e. The number of hydrogen-bond donors (Lipinski definition) is 0. The van der Waals surface area contributed by atoms with Crippen LogP contribution in [0.15, 0.2) is 33.8 Å². The molecule has 0 aliphatic carbocycles. The number of hydrogen-bond acceptors (Lipinski definition) is 3. The lowest BCUT2D eigenvalue weighted by Crippen LogP contribution is -2.13. The molecule has 0 amide bonds. The van der Waals surface area contributed by atoms with Crippen molar-refractivity contribution in [3.05, 3.63) is 49.4 Å². The third-order valence-corrected chi connectivity index (χ3v) is 2.73. The first-order valence-corrected chi connectivity index (χ1v) is 6.04. The molecule has 6 heteroatoms. The molecular formula is C11H13BrN2O3. The van der Waals surface area contributed by atoms with Gasteiger partial charge in [0.25, 0.3) is 5.43 Å². The maximum absolute atomic E-state index is 11.4. The zero-order chi connectivity index (χ0) is 12.8. The first-order chi connectivity index (χ1) is 8.06. The highest BCUT2D eigenvalue weighted by molar-refractivity contribution is 9.10. The highest BCUT2D eigenvalue weighted by Crippen LogP contribution is 2.11. The van der Waals surface area contributed by atoms with E-state index in [1.807, 2.05) is 19.1 Å². The highest BCUT2D eigenvalue weighted by Gasteiger charge is 2.15. The molecule has 0 aliphatic heterocycles. The zero-order valence-electron chi connectivity index (χ0n) is 9.43. The Hall–Kier alpha value is -1.43. The van der Waals surface area contributed by atoms with Gasteiger partial charge in [-0.15, -0.1) is 0 Å². The molecule has 0 unspecified atom stereocenters. The topological polar surface area (TPSA) is 65.1 Å². The van der Waals surface area contributed by atoms with Crippen LogP contribution in [0, 0.1) is 10.1 Å². The second-order valence-corrected chi connectivity index (χ2v) is 4.34. The predicted molar refractivity (Wildman–Crippen MR) is 69.1 cm³/mol. The Balaban J connectivity index is 2.91. The number of nitro groups is 1. The number of allylic oxidation sites excluding steroid dienone is 2. The van der Waals surface area contributed by atoms with E-state index in [1.54, 1.807) is 10.8 Å². The number of pyridine rings is 1. The Morgan fingerprint density at radius 1 is 1.47 bits per heavy atom. The van der Waals surface area contributed by atoms with Gasteiger partial charge in [0.1, 0.15) is 0 Å². The average Bonchev–Trinajstić information content (AvgIpc) is 2.28. The molecule has 1 aromatic heterocycles. The quantitative estimate of drug-likeness (QED) is 0.477. The van der Waals surface area contributed by atoms with Gasteiger partial charge in [-0.3, -0.25) is 14.9 Å². The minimum Gasteiger partial charge on any atom is -0.347 e. The van der Waals surface area contributed by atoms with E-state index in [1.165, 1.54) is 6.20 Å². The van der Waals surface area contributed by atoms with E-state index in [2.05, 4.69) is 15.9 Å². The van der Waals surface area contributed by atoms with Crippen LogP contribution in [-0.4, -0.2) is 9.49 Å². The van der Waals surface area contributed by atoms with Gasteiger partial charge >= 0.3 is 5.69 Å². The lowest BCUT2D eigenvalue weighted by atomic mass is 10.3. The van der Waals surface area contributed by atoms with Crippen LogP contribution in [0.1, 0.15) is 19.8 Å². The van der Waals surface area contributed by atoms with Crippen molar-refractivity contribution in [3.8, 4) is 0 Å². The summed E-state index contributed by atoms with van der Waals surface area (Å²) in [5, 5.41) is 10.7. The Kier molecular flexibility index (Phi) is 5.09. The maximum atomic E-state index is 11.4. The van der Waals surface area contributed by atoms with Crippen LogP contribution in [0.4, 0.5) is 5.69 Å². The summed E-state index contributed by atoms with van der Waals surface area (Å²) >= 11 is 3.03. The number of nitrogens with zero attached hydrogens (tertiary/aromatic N) is 2.